The standard InChI is InChI=1S/C23H41N9O5/c1-12(2)8-17(31-19(33)15(24)9-14-10-27-11-29-14)21(35)30-16(6-5-7-28-23(25)26)20(34)32-18(13(3)4)22(36)37/h10-13,15-18H,5-9,24H2,1-4H3,(H,27,29)(H,30,35)(H,31,33)(H,32,34)(H,36,37)(H4,25,26,28). The first-order chi connectivity index (χ1) is 17.3. The van der Waals surface area contributed by atoms with Crippen LogP contribution in [0.1, 0.15) is 52.7 Å². The van der Waals surface area contributed by atoms with Gasteiger partial charge in [0.2, 0.25) is 17.7 Å². The van der Waals surface area contributed by atoms with E-state index in [0.29, 0.717) is 18.5 Å². The first-order valence-corrected chi connectivity index (χ1v) is 12.2. The predicted octanol–water partition coefficient (Wildman–Crippen LogP) is -1.43. The number of carboxylic acid groups (broad SMARTS) is 1. The van der Waals surface area contributed by atoms with E-state index >= 15 is 0 Å². The minimum Gasteiger partial charge on any atom is -0.480 e. The van der Waals surface area contributed by atoms with Crippen LogP contribution in [0.2, 0.25) is 0 Å². The van der Waals surface area contributed by atoms with Crippen molar-refractivity contribution in [3.63, 3.8) is 0 Å². The van der Waals surface area contributed by atoms with E-state index in [0.717, 1.165) is 0 Å². The SMILES string of the molecule is CC(C)CC(NC(=O)C(N)Cc1cnc[nH]1)C(=O)NC(CCCN=C(N)N)C(=O)NC(C(=O)O)C(C)C. The van der Waals surface area contributed by atoms with Crippen molar-refractivity contribution in [3.05, 3.63) is 18.2 Å². The summed E-state index contributed by atoms with van der Waals surface area (Å²) in [5, 5.41) is 17.3. The van der Waals surface area contributed by atoms with Crippen molar-refractivity contribution < 1.29 is 24.3 Å². The molecule has 0 radical (unpaired) electrons. The van der Waals surface area contributed by atoms with Gasteiger partial charge >= 0.3 is 5.97 Å². The normalized spacial score (nSPS) is 14.4. The second kappa shape index (κ2) is 15.4. The van der Waals surface area contributed by atoms with Gasteiger partial charge in [-0.25, -0.2) is 9.78 Å². The molecule has 208 valence electrons. The maximum absolute atomic E-state index is 13.2. The van der Waals surface area contributed by atoms with E-state index < -0.39 is 47.9 Å². The molecule has 0 aliphatic carbocycles. The van der Waals surface area contributed by atoms with Gasteiger partial charge in [-0.15, -0.1) is 0 Å². The summed E-state index contributed by atoms with van der Waals surface area (Å²) in [6, 6.07) is -4.11. The lowest BCUT2D eigenvalue weighted by Crippen LogP contribution is -2.58. The number of amides is 3. The second-order valence-corrected chi connectivity index (χ2v) is 9.66. The summed E-state index contributed by atoms with van der Waals surface area (Å²) in [6.45, 7) is 7.30. The van der Waals surface area contributed by atoms with Crippen molar-refractivity contribution in [1.82, 2.24) is 25.9 Å². The van der Waals surface area contributed by atoms with Crippen molar-refractivity contribution in [2.24, 2.45) is 34.0 Å². The summed E-state index contributed by atoms with van der Waals surface area (Å²) in [5.41, 5.74) is 17.4. The van der Waals surface area contributed by atoms with Gasteiger partial charge in [-0.05, 0) is 31.1 Å². The Morgan fingerprint density at radius 3 is 2.16 bits per heavy atom. The summed E-state index contributed by atoms with van der Waals surface area (Å²) in [4.78, 5) is 61.1. The molecule has 1 rings (SSSR count). The highest BCUT2D eigenvalue weighted by molar-refractivity contribution is 5.94. The van der Waals surface area contributed by atoms with Crippen molar-refractivity contribution in [2.45, 2.75) is 77.5 Å². The fourth-order valence-corrected chi connectivity index (χ4v) is 3.52. The van der Waals surface area contributed by atoms with Crippen LogP contribution < -0.4 is 33.2 Å². The van der Waals surface area contributed by atoms with Gasteiger partial charge in [-0.3, -0.25) is 19.4 Å². The second-order valence-electron chi connectivity index (χ2n) is 9.66. The van der Waals surface area contributed by atoms with Crippen LogP contribution in [-0.2, 0) is 25.6 Å². The average Bonchev–Trinajstić information content (AvgIpc) is 3.30. The molecule has 0 aliphatic rings. The Kier molecular flexibility index (Phi) is 13.1. The highest BCUT2D eigenvalue weighted by Gasteiger charge is 2.31. The summed E-state index contributed by atoms with van der Waals surface area (Å²) < 4.78 is 0. The molecule has 14 heteroatoms. The minimum absolute atomic E-state index is 0.0337. The quantitative estimate of drug-likeness (QED) is 0.0718. The Hall–Kier alpha value is -3.68. The number of hydrogen-bond acceptors (Lipinski definition) is 7. The van der Waals surface area contributed by atoms with Crippen molar-refractivity contribution in [1.29, 1.82) is 0 Å². The summed E-state index contributed by atoms with van der Waals surface area (Å²) in [7, 11) is 0. The van der Waals surface area contributed by atoms with Crippen LogP contribution >= 0.6 is 0 Å². The number of imidazole rings is 1. The number of carbonyl (C=O) groups excluding carboxylic acids is 3. The van der Waals surface area contributed by atoms with Crippen molar-refractivity contribution >= 4 is 29.7 Å². The molecule has 0 aliphatic heterocycles. The van der Waals surface area contributed by atoms with Crippen LogP contribution in [0.4, 0.5) is 0 Å². The predicted molar refractivity (Wildman–Crippen MR) is 138 cm³/mol. The van der Waals surface area contributed by atoms with Gasteiger partial charge < -0.3 is 43.2 Å². The van der Waals surface area contributed by atoms with E-state index in [1.165, 1.54) is 6.33 Å². The number of aliphatic carboxylic acids is 1. The molecular formula is C23H41N9O5. The molecule has 1 heterocycles. The number of carboxylic acids is 1. The molecular weight excluding hydrogens is 482 g/mol. The van der Waals surface area contributed by atoms with E-state index in [2.05, 4.69) is 30.9 Å². The maximum atomic E-state index is 13.2. The number of H-pyrrole nitrogens is 1. The summed E-state index contributed by atoms with van der Waals surface area (Å²) in [5.74, 6) is -3.43. The van der Waals surface area contributed by atoms with E-state index in [1.54, 1.807) is 20.0 Å². The topological polar surface area (TPSA) is 244 Å². The number of nitrogens with two attached hydrogens (primary N) is 3. The Balaban J connectivity index is 2.99. The highest BCUT2D eigenvalue weighted by Crippen LogP contribution is 2.09. The zero-order chi connectivity index (χ0) is 28.1. The van der Waals surface area contributed by atoms with Gasteiger partial charge in [-0.2, -0.15) is 0 Å². The molecule has 3 amide bonds. The van der Waals surface area contributed by atoms with Crippen LogP contribution in [-0.4, -0.2) is 75.4 Å². The molecule has 37 heavy (non-hydrogen) atoms. The molecule has 1 aromatic heterocycles. The Morgan fingerprint density at radius 2 is 1.65 bits per heavy atom. The number of carbonyl (C=O) groups is 4. The highest BCUT2D eigenvalue weighted by atomic mass is 16.4. The van der Waals surface area contributed by atoms with E-state index in [-0.39, 0.29) is 37.2 Å². The first-order valence-electron chi connectivity index (χ1n) is 12.2. The fourth-order valence-electron chi connectivity index (χ4n) is 3.52. The lowest BCUT2D eigenvalue weighted by molar-refractivity contribution is -0.143. The number of hydrogen-bond donors (Lipinski definition) is 8. The van der Waals surface area contributed by atoms with Gasteiger partial charge in [0.1, 0.15) is 18.1 Å². The van der Waals surface area contributed by atoms with Crippen molar-refractivity contribution in [2.75, 3.05) is 6.54 Å². The largest absolute Gasteiger partial charge is 0.480 e. The van der Waals surface area contributed by atoms with E-state index in [9.17, 15) is 24.3 Å². The molecule has 0 aromatic carbocycles. The van der Waals surface area contributed by atoms with Gasteiger partial charge in [0, 0.05) is 24.9 Å². The summed E-state index contributed by atoms with van der Waals surface area (Å²) >= 11 is 0. The number of aliphatic imine (C=N–C) groups is 1. The van der Waals surface area contributed by atoms with Crippen LogP contribution in [0, 0.1) is 11.8 Å². The molecule has 4 unspecified atom stereocenters. The number of nitrogens with zero attached hydrogens (tertiary/aromatic N) is 2. The van der Waals surface area contributed by atoms with E-state index in [1.807, 2.05) is 13.8 Å². The fraction of sp³-hybridized carbons (Fsp3) is 0.652. The van der Waals surface area contributed by atoms with Crippen molar-refractivity contribution in [3.8, 4) is 0 Å². The van der Waals surface area contributed by atoms with Crippen LogP contribution in [0.5, 0.6) is 0 Å². The number of aromatic amines is 1. The molecule has 0 saturated carbocycles. The Morgan fingerprint density at radius 1 is 1.03 bits per heavy atom. The molecule has 11 N–H and O–H groups in total. The Bertz CT molecular complexity index is 914. The molecule has 4 atom stereocenters. The molecule has 0 bridgehead atoms. The smallest absolute Gasteiger partial charge is 0.326 e. The van der Waals surface area contributed by atoms with Gasteiger partial charge in [0.15, 0.2) is 5.96 Å². The monoisotopic (exact) mass is 523 g/mol. The third kappa shape index (κ3) is 11.7. The molecule has 14 nitrogen and oxygen atoms in total. The lowest BCUT2D eigenvalue weighted by Gasteiger charge is -2.26. The van der Waals surface area contributed by atoms with Crippen LogP contribution in [0.3, 0.4) is 0 Å². The zero-order valence-corrected chi connectivity index (χ0v) is 21.9. The van der Waals surface area contributed by atoms with Gasteiger partial charge in [0.25, 0.3) is 0 Å². The Labute approximate surface area is 216 Å². The molecule has 0 spiro atoms. The number of nitrogens with one attached hydrogen (secondary N) is 4. The minimum atomic E-state index is -1.19. The van der Waals surface area contributed by atoms with Gasteiger partial charge in [-0.1, -0.05) is 27.7 Å². The van der Waals surface area contributed by atoms with E-state index in [4.69, 9.17) is 17.2 Å². The third-order valence-corrected chi connectivity index (χ3v) is 5.48. The molecule has 1 aromatic rings. The van der Waals surface area contributed by atoms with Crippen LogP contribution in [0.25, 0.3) is 0 Å². The van der Waals surface area contributed by atoms with Gasteiger partial charge in [0.05, 0.1) is 12.4 Å². The number of guanidine groups is 1. The molecule has 0 fully saturated rings. The first kappa shape index (κ1) is 31.4. The summed E-state index contributed by atoms with van der Waals surface area (Å²) in [6.07, 6.45) is 4.00. The zero-order valence-electron chi connectivity index (χ0n) is 21.9. The number of rotatable bonds is 16. The number of aromatic nitrogens is 2. The third-order valence-electron chi connectivity index (χ3n) is 5.48. The maximum Gasteiger partial charge on any atom is 0.326 e. The average molecular weight is 524 g/mol. The lowest BCUT2D eigenvalue weighted by atomic mass is 10.0. The van der Waals surface area contributed by atoms with Crippen LogP contribution in [0.15, 0.2) is 17.5 Å². The molecule has 0 saturated heterocycles.